The van der Waals surface area contributed by atoms with E-state index in [9.17, 15) is 4.79 Å². The SMILES string of the molecule is COc1ccc(N)c(C(=O)NCCc2ccncc2)c1. The van der Waals surface area contributed by atoms with Gasteiger partial charge in [0, 0.05) is 24.6 Å². The van der Waals surface area contributed by atoms with E-state index in [0.29, 0.717) is 23.5 Å². The molecule has 0 unspecified atom stereocenters. The Balaban J connectivity index is 1.95. The number of carbonyl (C=O) groups excluding carboxylic acids is 1. The van der Waals surface area contributed by atoms with Gasteiger partial charge >= 0.3 is 0 Å². The molecule has 0 spiro atoms. The summed E-state index contributed by atoms with van der Waals surface area (Å²) in [5, 5.41) is 2.84. The maximum atomic E-state index is 12.1. The molecule has 0 saturated heterocycles. The van der Waals surface area contributed by atoms with Crippen molar-refractivity contribution in [2.75, 3.05) is 19.4 Å². The molecule has 0 fully saturated rings. The first-order chi connectivity index (χ1) is 9.70. The molecule has 1 heterocycles. The number of ether oxygens (including phenoxy) is 1. The van der Waals surface area contributed by atoms with E-state index in [4.69, 9.17) is 10.5 Å². The van der Waals surface area contributed by atoms with Crippen LogP contribution >= 0.6 is 0 Å². The summed E-state index contributed by atoms with van der Waals surface area (Å²) >= 11 is 0. The number of nitrogens with two attached hydrogens (primary N) is 1. The van der Waals surface area contributed by atoms with Crippen LogP contribution in [0.25, 0.3) is 0 Å². The van der Waals surface area contributed by atoms with E-state index in [-0.39, 0.29) is 5.91 Å². The minimum atomic E-state index is -0.199. The summed E-state index contributed by atoms with van der Waals surface area (Å²) in [6, 6.07) is 8.87. The number of amides is 1. The maximum absolute atomic E-state index is 12.1. The number of nitrogens with zero attached hydrogens (tertiary/aromatic N) is 1. The Hall–Kier alpha value is -2.56. The van der Waals surface area contributed by atoms with Gasteiger partial charge in [-0.3, -0.25) is 9.78 Å². The van der Waals surface area contributed by atoms with Crippen LogP contribution < -0.4 is 15.8 Å². The Morgan fingerprint density at radius 2 is 2.05 bits per heavy atom. The minimum absolute atomic E-state index is 0.199. The van der Waals surface area contributed by atoms with Gasteiger partial charge in [0.25, 0.3) is 5.91 Å². The Morgan fingerprint density at radius 1 is 1.30 bits per heavy atom. The summed E-state index contributed by atoms with van der Waals surface area (Å²) in [6.45, 7) is 0.541. The van der Waals surface area contributed by atoms with E-state index in [1.54, 1.807) is 37.7 Å². The molecule has 5 heteroatoms. The average Bonchev–Trinajstić information content (AvgIpc) is 2.48. The number of nitrogens with one attached hydrogen (secondary N) is 1. The van der Waals surface area contributed by atoms with Gasteiger partial charge in [-0.1, -0.05) is 0 Å². The second kappa shape index (κ2) is 6.56. The van der Waals surface area contributed by atoms with Crippen molar-refractivity contribution in [2.45, 2.75) is 6.42 Å². The third kappa shape index (κ3) is 3.47. The smallest absolute Gasteiger partial charge is 0.253 e. The molecular formula is C15H17N3O2. The third-order valence-electron chi connectivity index (χ3n) is 2.95. The summed E-state index contributed by atoms with van der Waals surface area (Å²) in [5.74, 6) is 0.411. The molecular weight excluding hydrogens is 254 g/mol. The van der Waals surface area contributed by atoms with Gasteiger partial charge in [0.2, 0.25) is 0 Å². The van der Waals surface area contributed by atoms with Crippen molar-refractivity contribution in [3.63, 3.8) is 0 Å². The van der Waals surface area contributed by atoms with Crippen LogP contribution in [-0.4, -0.2) is 24.5 Å². The van der Waals surface area contributed by atoms with Gasteiger partial charge in [0.1, 0.15) is 5.75 Å². The standard InChI is InChI=1S/C15H17N3O2/c1-20-12-2-3-14(16)13(10-12)15(19)18-9-6-11-4-7-17-8-5-11/h2-5,7-8,10H,6,9,16H2,1H3,(H,18,19). The first-order valence-corrected chi connectivity index (χ1v) is 6.31. The van der Waals surface area contributed by atoms with Crippen molar-refractivity contribution < 1.29 is 9.53 Å². The lowest BCUT2D eigenvalue weighted by atomic mass is 10.1. The van der Waals surface area contributed by atoms with Gasteiger partial charge in [0.15, 0.2) is 0 Å². The summed E-state index contributed by atoms with van der Waals surface area (Å²) in [5.41, 5.74) is 7.79. The maximum Gasteiger partial charge on any atom is 0.253 e. The fourth-order valence-electron chi connectivity index (χ4n) is 1.82. The van der Waals surface area contributed by atoms with Gasteiger partial charge in [-0.25, -0.2) is 0 Å². The predicted octanol–water partition coefficient (Wildman–Crippen LogP) is 1.64. The number of hydrogen-bond donors (Lipinski definition) is 2. The molecule has 20 heavy (non-hydrogen) atoms. The van der Waals surface area contributed by atoms with Crippen molar-refractivity contribution >= 4 is 11.6 Å². The summed E-state index contributed by atoms with van der Waals surface area (Å²) < 4.78 is 5.09. The zero-order valence-electron chi connectivity index (χ0n) is 11.3. The highest BCUT2D eigenvalue weighted by atomic mass is 16.5. The summed E-state index contributed by atoms with van der Waals surface area (Å²) in [7, 11) is 1.55. The number of rotatable bonds is 5. The highest BCUT2D eigenvalue weighted by molar-refractivity contribution is 5.99. The van der Waals surface area contributed by atoms with E-state index in [1.165, 1.54) is 0 Å². The molecule has 3 N–H and O–H groups in total. The predicted molar refractivity (Wildman–Crippen MR) is 77.7 cm³/mol. The van der Waals surface area contributed by atoms with E-state index < -0.39 is 0 Å². The lowest BCUT2D eigenvalue weighted by Gasteiger charge is -2.09. The number of anilines is 1. The summed E-state index contributed by atoms with van der Waals surface area (Å²) in [6.07, 6.45) is 4.21. The number of carbonyl (C=O) groups is 1. The molecule has 104 valence electrons. The monoisotopic (exact) mass is 271 g/mol. The van der Waals surface area contributed by atoms with Crippen molar-refractivity contribution in [3.8, 4) is 5.75 Å². The van der Waals surface area contributed by atoms with E-state index in [0.717, 1.165) is 12.0 Å². The molecule has 0 aliphatic rings. The molecule has 1 aromatic carbocycles. The fourth-order valence-corrected chi connectivity index (χ4v) is 1.82. The van der Waals surface area contributed by atoms with Gasteiger partial charge < -0.3 is 15.8 Å². The minimum Gasteiger partial charge on any atom is -0.497 e. The normalized spacial score (nSPS) is 10.1. The number of nitrogen functional groups attached to an aromatic ring is 1. The van der Waals surface area contributed by atoms with E-state index >= 15 is 0 Å². The van der Waals surface area contributed by atoms with Crippen LogP contribution in [0, 0.1) is 0 Å². The molecule has 2 aromatic rings. The number of pyridine rings is 1. The Labute approximate surface area is 117 Å². The molecule has 0 aliphatic heterocycles. The molecule has 0 atom stereocenters. The largest absolute Gasteiger partial charge is 0.497 e. The zero-order chi connectivity index (χ0) is 14.4. The molecule has 0 saturated carbocycles. The van der Waals surface area contributed by atoms with E-state index in [2.05, 4.69) is 10.3 Å². The van der Waals surface area contributed by atoms with Crippen molar-refractivity contribution in [1.29, 1.82) is 0 Å². The first-order valence-electron chi connectivity index (χ1n) is 6.31. The Kier molecular flexibility index (Phi) is 4.55. The van der Waals surface area contributed by atoms with Crippen LogP contribution in [0.3, 0.4) is 0 Å². The summed E-state index contributed by atoms with van der Waals surface area (Å²) in [4.78, 5) is 16.0. The molecule has 0 bridgehead atoms. The van der Waals surface area contributed by atoms with Crippen LogP contribution in [0.15, 0.2) is 42.7 Å². The van der Waals surface area contributed by atoms with Gasteiger partial charge in [-0.15, -0.1) is 0 Å². The van der Waals surface area contributed by atoms with Gasteiger partial charge in [-0.05, 0) is 42.3 Å². The van der Waals surface area contributed by atoms with Gasteiger partial charge in [-0.2, -0.15) is 0 Å². The highest BCUT2D eigenvalue weighted by Crippen LogP contribution is 2.19. The average molecular weight is 271 g/mol. The molecule has 1 amide bonds. The van der Waals surface area contributed by atoms with Crippen molar-refractivity contribution in [2.24, 2.45) is 0 Å². The quantitative estimate of drug-likeness (QED) is 0.810. The number of methoxy groups -OCH3 is 1. The number of hydrogen-bond acceptors (Lipinski definition) is 4. The molecule has 0 aliphatic carbocycles. The van der Waals surface area contributed by atoms with E-state index in [1.807, 2.05) is 12.1 Å². The fraction of sp³-hybridized carbons (Fsp3) is 0.200. The topological polar surface area (TPSA) is 77.2 Å². The number of aromatic nitrogens is 1. The van der Waals surface area contributed by atoms with Crippen LogP contribution in [0.5, 0.6) is 5.75 Å². The van der Waals surface area contributed by atoms with Crippen LogP contribution in [0.2, 0.25) is 0 Å². The highest BCUT2D eigenvalue weighted by Gasteiger charge is 2.10. The Bertz CT molecular complexity index is 585. The van der Waals surface area contributed by atoms with Crippen LogP contribution in [0.4, 0.5) is 5.69 Å². The van der Waals surface area contributed by atoms with Crippen LogP contribution in [-0.2, 0) is 6.42 Å². The van der Waals surface area contributed by atoms with Crippen molar-refractivity contribution in [3.05, 3.63) is 53.9 Å². The molecule has 2 rings (SSSR count). The molecule has 5 nitrogen and oxygen atoms in total. The first kappa shape index (κ1) is 13.9. The lowest BCUT2D eigenvalue weighted by Crippen LogP contribution is -2.26. The molecule has 0 radical (unpaired) electrons. The van der Waals surface area contributed by atoms with Crippen LogP contribution in [0.1, 0.15) is 15.9 Å². The van der Waals surface area contributed by atoms with Crippen molar-refractivity contribution in [1.82, 2.24) is 10.3 Å². The molecule has 1 aromatic heterocycles. The van der Waals surface area contributed by atoms with Gasteiger partial charge in [0.05, 0.1) is 12.7 Å². The second-order valence-corrected chi connectivity index (χ2v) is 4.31. The number of benzene rings is 1. The lowest BCUT2D eigenvalue weighted by molar-refractivity contribution is 0.0954. The second-order valence-electron chi connectivity index (χ2n) is 4.31. The third-order valence-corrected chi connectivity index (χ3v) is 2.95. The Morgan fingerprint density at radius 3 is 2.75 bits per heavy atom. The zero-order valence-corrected chi connectivity index (χ0v) is 11.3.